The molecular weight excluding hydrogens is 252 g/mol. The highest BCUT2D eigenvalue weighted by molar-refractivity contribution is 6.07. The predicted molar refractivity (Wildman–Crippen MR) is 77.9 cm³/mol. The second-order valence-corrected chi connectivity index (χ2v) is 5.25. The van der Waals surface area contributed by atoms with Crippen LogP contribution in [0.5, 0.6) is 0 Å². The van der Waals surface area contributed by atoms with Gasteiger partial charge in [0.15, 0.2) is 0 Å². The molecule has 0 unspecified atom stereocenters. The van der Waals surface area contributed by atoms with Crippen LogP contribution < -0.4 is 10.6 Å². The highest BCUT2D eigenvalue weighted by atomic mass is 16.2. The van der Waals surface area contributed by atoms with E-state index in [1.165, 1.54) is 0 Å². The molecule has 0 heterocycles. The van der Waals surface area contributed by atoms with E-state index in [0.29, 0.717) is 25.9 Å². The van der Waals surface area contributed by atoms with Gasteiger partial charge in [0.2, 0.25) is 11.8 Å². The molecule has 1 aliphatic carbocycles. The van der Waals surface area contributed by atoms with Gasteiger partial charge in [-0.25, -0.2) is 0 Å². The van der Waals surface area contributed by atoms with E-state index in [4.69, 9.17) is 0 Å². The van der Waals surface area contributed by atoms with E-state index >= 15 is 0 Å². The van der Waals surface area contributed by atoms with Crippen molar-refractivity contribution in [2.45, 2.75) is 26.3 Å². The minimum atomic E-state index is -0.854. The molecule has 0 spiro atoms. The van der Waals surface area contributed by atoms with E-state index in [0.717, 1.165) is 11.1 Å². The normalized spacial score (nSPS) is 15.2. The van der Waals surface area contributed by atoms with Gasteiger partial charge in [-0.2, -0.15) is 0 Å². The maximum Gasteiger partial charge on any atom is 0.235 e. The third kappa shape index (κ3) is 3.07. The largest absolute Gasteiger partial charge is 0.352 e. The van der Waals surface area contributed by atoms with Gasteiger partial charge in [-0.05, 0) is 25.3 Å². The summed E-state index contributed by atoms with van der Waals surface area (Å²) in [6, 6.07) is 7.96. The Morgan fingerprint density at radius 1 is 1.30 bits per heavy atom. The first-order chi connectivity index (χ1) is 9.58. The highest BCUT2D eigenvalue weighted by Crippen LogP contribution is 2.46. The lowest BCUT2D eigenvalue weighted by molar-refractivity contribution is -0.137. The summed E-state index contributed by atoms with van der Waals surface area (Å²) in [6.07, 6.45) is 2.85. The number of rotatable bonds is 6. The molecule has 0 aliphatic heterocycles. The van der Waals surface area contributed by atoms with Crippen molar-refractivity contribution in [2.24, 2.45) is 5.41 Å². The van der Waals surface area contributed by atoms with Crippen molar-refractivity contribution >= 4 is 11.8 Å². The van der Waals surface area contributed by atoms with Crippen molar-refractivity contribution in [3.63, 3.8) is 0 Å². The van der Waals surface area contributed by atoms with Gasteiger partial charge in [0, 0.05) is 13.1 Å². The zero-order chi connectivity index (χ0) is 14.6. The van der Waals surface area contributed by atoms with Gasteiger partial charge in [0.25, 0.3) is 0 Å². The molecular formula is C16H20N2O2. The number of carbonyl (C=O) groups excluding carboxylic acids is 2. The van der Waals surface area contributed by atoms with E-state index < -0.39 is 5.41 Å². The predicted octanol–water partition coefficient (Wildman–Crippen LogP) is 1.69. The van der Waals surface area contributed by atoms with E-state index in [2.05, 4.69) is 17.2 Å². The molecule has 20 heavy (non-hydrogen) atoms. The van der Waals surface area contributed by atoms with Crippen LogP contribution in [-0.4, -0.2) is 18.4 Å². The first kappa shape index (κ1) is 14.3. The molecule has 0 radical (unpaired) electrons. The summed E-state index contributed by atoms with van der Waals surface area (Å²) < 4.78 is 0. The zero-order valence-electron chi connectivity index (χ0n) is 11.7. The van der Waals surface area contributed by atoms with Gasteiger partial charge < -0.3 is 10.6 Å². The lowest BCUT2D eigenvalue weighted by atomic mass is 10.0. The molecule has 0 aromatic heterocycles. The van der Waals surface area contributed by atoms with Crippen LogP contribution in [0, 0.1) is 12.3 Å². The quantitative estimate of drug-likeness (QED) is 0.611. The number of hydrogen-bond donors (Lipinski definition) is 2. The average Bonchev–Trinajstić information content (AvgIpc) is 3.24. The Morgan fingerprint density at radius 2 is 2.00 bits per heavy atom. The van der Waals surface area contributed by atoms with Crippen molar-refractivity contribution in [2.75, 3.05) is 6.54 Å². The Morgan fingerprint density at radius 3 is 2.60 bits per heavy atom. The van der Waals surface area contributed by atoms with E-state index in [9.17, 15) is 9.59 Å². The number of nitrogens with one attached hydrogen (secondary N) is 2. The van der Waals surface area contributed by atoms with Crippen LogP contribution in [0.1, 0.15) is 24.0 Å². The van der Waals surface area contributed by atoms with Crippen LogP contribution in [0.2, 0.25) is 0 Å². The van der Waals surface area contributed by atoms with Crippen LogP contribution in [0.3, 0.4) is 0 Å². The summed E-state index contributed by atoms with van der Waals surface area (Å²) in [7, 11) is 0. The fourth-order valence-electron chi connectivity index (χ4n) is 2.19. The monoisotopic (exact) mass is 272 g/mol. The van der Waals surface area contributed by atoms with Crippen molar-refractivity contribution in [3.8, 4) is 0 Å². The fourth-order valence-corrected chi connectivity index (χ4v) is 2.19. The molecule has 0 atom stereocenters. The Bertz CT molecular complexity index is 533. The summed E-state index contributed by atoms with van der Waals surface area (Å²) >= 11 is 0. The molecule has 1 aromatic rings. The molecule has 4 nitrogen and oxygen atoms in total. The minimum Gasteiger partial charge on any atom is -0.352 e. The van der Waals surface area contributed by atoms with Crippen molar-refractivity contribution in [3.05, 3.63) is 48.0 Å². The number of carbonyl (C=O) groups is 2. The maximum atomic E-state index is 12.2. The second kappa shape index (κ2) is 5.90. The third-order valence-electron chi connectivity index (χ3n) is 3.56. The summed E-state index contributed by atoms with van der Waals surface area (Å²) in [6.45, 7) is 6.41. The molecule has 2 rings (SSSR count). The molecule has 1 aromatic carbocycles. The number of hydrogen-bond acceptors (Lipinski definition) is 2. The lowest BCUT2D eigenvalue weighted by Crippen LogP contribution is -2.42. The van der Waals surface area contributed by atoms with Crippen LogP contribution in [0.15, 0.2) is 36.9 Å². The second-order valence-electron chi connectivity index (χ2n) is 5.25. The highest BCUT2D eigenvalue weighted by Gasteiger charge is 2.56. The van der Waals surface area contributed by atoms with Gasteiger partial charge in [0.1, 0.15) is 5.41 Å². The Balaban J connectivity index is 1.91. The lowest BCUT2D eigenvalue weighted by Gasteiger charge is -2.15. The van der Waals surface area contributed by atoms with Gasteiger partial charge in [-0.1, -0.05) is 35.9 Å². The molecule has 0 saturated heterocycles. The van der Waals surface area contributed by atoms with Crippen LogP contribution in [0.4, 0.5) is 0 Å². The Hall–Kier alpha value is -2.10. The average molecular weight is 272 g/mol. The molecule has 1 fully saturated rings. The number of aryl methyl sites for hydroxylation is 1. The topological polar surface area (TPSA) is 58.2 Å². The number of benzene rings is 1. The van der Waals surface area contributed by atoms with Crippen LogP contribution >= 0.6 is 0 Å². The van der Waals surface area contributed by atoms with E-state index in [1.807, 2.05) is 31.2 Å². The number of amides is 2. The van der Waals surface area contributed by atoms with Crippen molar-refractivity contribution < 1.29 is 9.59 Å². The van der Waals surface area contributed by atoms with Gasteiger partial charge in [-0.3, -0.25) is 9.59 Å². The molecule has 1 aliphatic rings. The third-order valence-corrected chi connectivity index (χ3v) is 3.56. The molecule has 1 saturated carbocycles. The van der Waals surface area contributed by atoms with E-state index in [1.54, 1.807) is 6.08 Å². The van der Waals surface area contributed by atoms with Crippen molar-refractivity contribution in [1.29, 1.82) is 0 Å². The first-order valence-corrected chi connectivity index (χ1v) is 6.81. The molecule has 106 valence electrons. The minimum absolute atomic E-state index is 0.180. The fraction of sp³-hybridized carbons (Fsp3) is 0.375. The van der Waals surface area contributed by atoms with Gasteiger partial charge in [-0.15, -0.1) is 6.58 Å². The molecule has 2 N–H and O–H groups in total. The molecule has 0 bridgehead atoms. The Kier molecular flexibility index (Phi) is 4.23. The van der Waals surface area contributed by atoms with Gasteiger partial charge >= 0.3 is 0 Å². The summed E-state index contributed by atoms with van der Waals surface area (Å²) in [5.41, 5.74) is 1.34. The van der Waals surface area contributed by atoms with E-state index in [-0.39, 0.29) is 11.8 Å². The van der Waals surface area contributed by atoms with Crippen LogP contribution in [0.25, 0.3) is 0 Å². The summed E-state index contributed by atoms with van der Waals surface area (Å²) in [5, 5.41) is 5.57. The first-order valence-electron chi connectivity index (χ1n) is 6.81. The SMILES string of the molecule is C=CCNC(=O)C1(C(=O)NCc2cccc(C)c2)CC1. The Labute approximate surface area is 119 Å². The summed E-state index contributed by atoms with van der Waals surface area (Å²) in [5.74, 6) is -0.375. The molecule has 4 heteroatoms. The van der Waals surface area contributed by atoms with Gasteiger partial charge in [0.05, 0.1) is 0 Å². The smallest absolute Gasteiger partial charge is 0.235 e. The zero-order valence-corrected chi connectivity index (χ0v) is 11.7. The standard InChI is InChI=1S/C16H20N2O2/c1-3-9-17-14(19)16(7-8-16)15(20)18-11-13-6-4-5-12(2)10-13/h3-6,10H,1,7-9,11H2,2H3,(H,17,19)(H,18,20). The summed E-state index contributed by atoms with van der Waals surface area (Å²) in [4.78, 5) is 24.2. The maximum absolute atomic E-state index is 12.2. The van der Waals surface area contributed by atoms with Crippen LogP contribution in [-0.2, 0) is 16.1 Å². The van der Waals surface area contributed by atoms with Crippen molar-refractivity contribution in [1.82, 2.24) is 10.6 Å². The molecule has 2 amide bonds.